The Balaban J connectivity index is 1.93. The molecule has 23 heavy (non-hydrogen) atoms. The quantitative estimate of drug-likeness (QED) is 0.897. The van der Waals surface area contributed by atoms with Crippen LogP contribution >= 0.6 is 11.6 Å². The molecule has 0 amide bonds. The molecule has 1 fully saturated rings. The molecule has 0 saturated carbocycles. The number of piperazine rings is 1. The van der Waals surface area contributed by atoms with Crippen molar-refractivity contribution in [2.24, 2.45) is 5.92 Å². The van der Waals surface area contributed by atoms with Crippen LogP contribution in [-0.4, -0.2) is 30.6 Å². The molecule has 2 aromatic rings. The van der Waals surface area contributed by atoms with Crippen LogP contribution in [-0.2, 0) is 0 Å². The summed E-state index contributed by atoms with van der Waals surface area (Å²) in [7, 11) is 0. The van der Waals surface area contributed by atoms with E-state index in [4.69, 9.17) is 11.6 Å². The monoisotopic (exact) mass is 328 g/mol. The van der Waals surface area contributed by atoms with Gasteiger partial charge in [-0.15, -0.1) is 0 Å². The van der Waals surface area contributed by atoms with Gasteiger partial charge in [-0.05, 0) is 29.2 Å². The summed E-state index contributed by atoms with van der Waals surface area (Å²) in [4.78, 5) is 2.60. The van der Waals surface area contributed by atoms with Crippen molar-refractivity contribution in [1.29, 1.82) is 0 Å². The first kappa shape index (κ1) is 16.5. The Labute approximate surface area is 144 Å². The smallest absolute Gasteiger partial charge is 0.0602 e. The van der Waals surface area contributed by atoms with E-state index in [9.17, 15) is 0 Å². The number of hydrogen-bond donors (Lipinski definition) is 1. The van der Waals surface area contributed by atoms with E-state index >= 15 is 0 Å². The van der Waals surface area contributed by atoms with E-state index in [2.05, 4.69) is 66.5 Å². The molecule has 1 saturated heterocycles. The normalized spacial score (nSPS) is 20.6. The van der Waals surface area contributed by atoms with Gasteiger partial charge in [-0.3, -0.25) is 4.90 Å². The second-order valence-electron chi connectivity index (χ2n) is 6.66. The topological polar surface area (TPSA) is 15.3 Å². The summed E-state index contributed by atoms with van der Waals surface area (Å²) in [5, 5.41) is 4.45. The van der Waals surface area contributed by atoms with Crippen molar-refractivity contribution in [1.82, 2.24) is 10.2 Å². The Morgan fingerprint density at radius 2 is 1.65 bits per heavy atom. The molecule has 122 valence electrons. The van der Waals surface area contributed by atoms with E-state index < -0.39 is 0 Å². The fourth-order valence-electron chi connectivity index (χ4n) is 3.38. The van der Waals surface area contributed by atoms with Gasteiger partial charge in [0, 0.05) is 30.7 Å². The van der Waals surface area contributed by atoms with Gasteiger partial charge < -0.3 is 5.32 Å². The summed E-state index contributed by atoms with van der Waals surface area (Å²) >= 11 is 6.09. The van der Waals surface area contributed by atoms with E-state index in [-0.39, 0.29) is 6.04 Å². The van der Waals surface area contributed by atoms with Gasteiger partial charge >= 0.3 is 0 Å². The molecule has 2 nitrogen and oxygen atoms in total. The van der Waals surface area contributed by atoms with E-state index in [1.54, 1.807) is 0 Å². The molecule has 1 aliphatic rings. The molecule has 0 bridgehead atoms. The van der Waals surface area contributed by atoms with Gasteiger partial charge in [-0.25, -0.2) is 0 Å². The fraction of sp³-hybridized carbons (Fsp3) is 0.400. The molecule has 1 aliphatic heterocycles. The van der Waals surface area contributed by atoms with Crippen molar-refractivity contribution >= 4 is 11.6 Å². The van der Waals surface area contributed by atoms with E-state index in [1.165, 1.54) is 11.1 Å². The third-order valence-corrected chi connectivity index (χ3v) is 4.96. The van der Waals surface area contributed by atoms with Crippen LogP contribution in [0.4, 0.5) is 0 Å². The predicted octanol–water partition coefficient (Wildman–Crippen LogP) is 4.36. The van der Waals surface area contributed by atoms with Gasteiger partial charge in [0.1, 0.15) is 0 Å². The third-order valence-electron chi connectivity index (χ3n) is 4.71. The summed E-state index contributed by atoms with van der Waals surface area (Å²) in [5.41, 5.74) is 2.66. The number of nitrogens with zero attached hydrogens (tertiary/aromatic N) is 1. The van der Waals surface area contributed by atoms with Crippen LogP contribution in [0, 0.1) is 5.92 Å². The van der Waals surface area contributed by atoms with Crippen LogP contribution in [0.5, 0.6) is 0 Å². The molecule has 3 heteroatoms. The van der Waals surface area contributed by atoms with Gasteiger partial charge in [-0.1, -0.05) is 67.9 Å². The SMILES string of the molecule is CC(C)[C@H]1CN(C(c2ccccc2)c2ccc(Cl)cc2)CCN1. The zero-order valence-electron chi connectivity index (χ0n) is 13.9. The highest BCUT2D eigenvalue weighted by atomic mass is 35.5. The highest BCUT2D eigenvalue weighted by Crippen LogP contribution is 2.30. The zero-order chi connectivity index (χ0) is 16.2. The summed E-state index contributed by atoms with van der Waals surface area (Å²) in [6.07, 6.45) is 0. The van der Waals surface area contributed by atoms with E-state index in [0.29, 0.717) is 12.0 Å². The minimum absolute atomic E-state index is 0.289. The largest absolute Gasteiger partial charge is 0.311 e. The lowest BCUT2D eigenvalue weighted by Crippen LogP contribution is -2.53. The summed E-state index contributed by atoms with van der Waals surface area (Å²) in [6.45, 7) is 7.76. The molecule has 2 aromatic carbocycles. The fourth-order valence-corrected chi connectivity index (χ4v) is 3.50. The van der Waals surface area contributed by atoms with Gasteiger partial charge in [0.2, 0.25) is 0 Å². The summed E-state index contributed by atoms with van der Waals surface area (Å²) < 4.78 is 0. The number of hydrogen-bond acceptors (Lipinski definition) is 2. The maximum atomic E-state index is 6.09. The van der Waals surface area contributed by atoms with Crippen molar-refractivity contribution in [2.45, 2.75) is 25.9 Å². The summed E-state index contributed by atoms with van der Waals surface area (Å²) in [5.74, 6) is 0.638. The number of benzene rings is 2. The Bertz CT molecular complexity index is 609. The molecular weight excluding hydrogens is 304 g/mol. The first-order valence-electron chi connectivity index (χ1n) is 8.43. The van der Waals surface area contributed by atoms with Gasteiger partial charge in [0.15, 0.2) is 0 Å². The highest BCUT2D eigenvalue weighted by molar-refractivity contribution is 6.30. The lowest BCUT2D eigenvalue weighted by Gasteiger charge is -2.40. The highest BCUT2D eigenvalue weighted by Gasteiger charge is 2.28. The molecule has 0 aliphatic carbocycles. The first-order chi connectivity index (χ1) is 11.1. The molecular formula is C20H25ClN2. The van der Waals surface area contributed by atoms with Crippen molar-refractivity contribution in [3.63, 3.8) is 0 Å². The van der Waals surface area contributed by atoms with Gasteiger partial charge in [0.25, 0.3) is 0 Å². The third kappa shape index (κ3) is 3.95. The number of nitrogens with one attached hydrogen (secondary N) is 1. The lowest BCUT2D eigenvalue weighted by molar-refractivity contribution is 0.144. The van der Waals surface area contributed by atoms with Crippen LogP contribution in [0.3, 0.4) is 0 Å². The molecule has 3 rings (SSSR count). The van der Waals surface area contributed by atoms with Crippen LogP contribution in [0.25, 0.3) is 0 Å². The lowest BCUT2D eigenvalue weighted by atomic mass is 9.94. The van der Waals surface area contributed by atoms with Crippen molar-refractivity contribution in [3.8, 4) is 0 Å². The van der Waals surface area contributed by atoms with E-state index in [0.717, 1.165) is 24.7 Å². The first-order valence-corrected chi connectivity index (χ1v) is 8.81. The number of halogens is 1. The number of rotatable bonds is 4. The second kappa shape index (κ2) is 7.48. The van der Waals surface area contributed by atoms with Crippen LogP contribution in [0.1, 0.15) is 31.0 Å². The zero-order valence-corrected chi connectivity index (χ0v) is 14.6. The van der Waals surface area contributed by atoms with Crippen LogP contribution in [0.15, 0.2) is 54.6 Å². The Morgan fingerprint density at radius 3 is 2.30 bits per heavy atom. The van der Waals surface area contributed by atoms with E-state index in [1.807, 2.05) is 12.1 Å². The van der Waals surface area contributed by atoms with Crippen molar-refractivity contribution < 1.29 is 0 Å². The standard InChI is InChI=1S/C20H25ClN2/c1-15(2)19-14-23(13-12-22-19)20(16-6-4-3-5-7-16)17-8-10-18(21)11-9-17/h3-11,15,19-20,22H,12-14H2,1-2H3/t19-,20?/m1/s1. The molecule has 1 heterocycles. The molecule has 0 spiro atoms. The van der Waals surface area contributed by atoms with Crippen molar-refractivity contribution in [3.05, 3.63) is 70.7 Å². The minimum Gasteiger partial charge on any atom is -0.311 e. The van der Waals surface area contributed by atoms with Crippen molar-refractivity contribution in [2.75, 3.05) is 19.6 Å². The van der Waals surface area contributed by atoms with Crippen LogP contribution < -0.4 is 5.32 Å². The van der Waals surface area contributed by atoms with Crippen LogP contribution in [0.2, 0.25) is 5.02 Å². The molecule has 1 N–H and O–H groups in total. The molecule has 0 radical (unpaired) electrons. The molecule has 0 aromatic heterocycles. The maximum Gasteiger partial charge on any atom is 0.0602 e. The second-order valence-corrected chi connectivity index (χ2v) is 7.10. The summed E-state index contributed by atoms with van der Waals surface area (Å²) in [6, 6.07) is 19.9. The average Bonchev–Trinajstić information content (AvgIpc) is 2.58. The molecule has 2 atom stereocenters. The Kier molecular flexibility index (Phi) is 5.37. The predicted molar refractivity (Wildman–Crippen MR) is 97.9 cm³/mol. The van der Waals surface area contributed by atoms with Gasteiger partial charge in [0.05, 0.1) is 6.04 Å². The maximum absolute atomic E-state index is 6.09. The average molecular weight is 329 g/mol. The van der Waals surface area contributed by atoms with Gasteiger partial charge in [-0.2, -0.15) is 0 Å². The molecule has 1 unspecified atom stereocenters. The minimum atomic E-state index is 0.289. The Morgan fingerprint density at radius 1 is 1.00 bits per heavy atom. The Hall–Kier alpha value is -1.35.